The Kier molecular flexibility index (Phi) is 4.98. The number of amides is 4. The molecule has 4 amide bonds. The maximum absolute atomic E-state index is 12.7. The summed E-state index contributed by atoms with van der Waals surface area (Å²) in [6.45, 7) is 4.43. The first-order valence-corrected chi connectivity index (χ1v) is 7.21. The van der Waals surface area contributed by atoms with Gasteiger partial charge in [0.25, 0.3) is 11.8 Å². The second-order valence-electron chi connectivity index (χ2n) is 6.78. The number of nitrogens with two attached hydrogens (primary N) is 2. The zero-order chi connectivity index (χ0) is 19.1. The molecule has 0 spiro atoms. The van der Waals surface area contributed by atoms with Crippen LogP contribution < -0.4 is 11.5 Å². The van der Waals surface area contributed by atoms with Crippen molar-refractivity contribution in [2.75, 3.05) is 20.2 Å². The Balaban J connectivity index is 3.57. The lowest BCUT2D eigenvalue weighted by atomic mass is 9.90. The third kappa shape index (κ3) is 2.94. The second-order valence-corrected chi connectivity index (χ2v) is 6.78. The number of carbonyl (C=O) groups excluding carboxylic acids is 4. The Morgan fingerprint density at radius 2 is 1.54 bits per heavy atom. The van der Waals surface area contributed by atoms with Crippen molar-refractivity contribution >= 4 is 23.6 Å². The molecule has 1 rings (SSSR count). The minimum absolute atomic E-state index is 0.631. The number of carbonyl (C=O) groups is 4. The van der Waals surface area contributed by atoms with E-state index in [-0.39, 0.29) is 0 Å². The summed E-state index contributed by atoms with van der Waals surface area (Å²) in [6.07, 6.45) is 0. The van der Waals surface area contributed by atoms with Crippen LogP contribution in [-0.4, -0.2) is 70.2 Å². The lowest BCUT2D eigenvalue weighted by Crippen LogP contribution is -2.80. The highest BCUT2D eigenvalue weighted by Crippen LogP contribution is 2.34. The van der Waals surface area contributed by atoms with Crippen LogP contribution in [0.4, 0.5) is 0 Å². The average molecular weight is 344 g/mol. The van der Waals surface area contributed by atoms with Crippen molar-refractivity contribution in [3.63, 3.8) is 0 Å². The number of nitrogens with zero attached hydrogens (tertiary/aromatic N) is 2. The van der Waals surface area contributed by atoms with Crippen LogP contribution in [0.15, 0.2) is 0 Å². The Morgan fingerprint density at radius 1 is 1.04 bits per heavy atom. The van der Waals surface area contributed by atoms with Crippen molar-refractivity contribution < 1.29 is 29.0 Å². The molecule has 0 bridgehead atoms. The first kappa shape index (κ1) is 19.8. The van der Waals surface area contributed by atoms with Crippen molar-refractivity contribution in [2.24, 2.45) is 16.9 Å². The van der Waals surface area contributed by atoms with Gasteiger partial charge < -0.3 is 21.3 Å². The molecule has 1 heterocycles. The summed E-state index contributed by atoms with van der Waals surface area (Å²) in [7, 11) is 1.13. The molecule has 136 valence electrons. The van der Waals surface area contributed by atoms with Gasteiger partial charge in [0.2, 0.25) is 23.3 Å². The molecule has 5 N–H and O–H groups in total. The maximum Gasteiger partial charge on any atom is 0.273 e. The van der Waals surface area contributed by atoms with Gasteiger partial charge in [-0.2, -0.15) is 0 Å². The van der Waals surface area contributed by atoms with E-state index < -0.39 is 53.6 Å². The van der Waals surface area contributed by atoms with Crippen LogP contribution in [0.5, 0.6) is 0 Å². The van der Waals surface area contributed by atoms with Crippen LogP contribution >= 0.6 is 0 Å². The van der Waals surface area contributed by atoms with Gasteiger partial charge in [0.05, 0.1) is 13.1 Å². The molecule has 10 heteroatoms. The van der Waals surface area contributed by atoms with Crippen molar-refractivity contribution in [1.29, 1.82) is 0 Å². The number of rotatable bonds is 3. The van der Waals surface area contributed by atoms with E-state index in [0.717, 1.165) is 23.8 Å². The van der Waals surface area contributed by atoms with Crippen molar-refractivity contribution in [3.8, 4) is 0 Å². The number of hydrogen-bond acceptors (Lipinski definition) is 6. The molecule has 0 aliphatic carbocycles. The molecule has 0 aromatic rings. The summed E-state index contributed by atoms with van der Waals surface area (Å²) in [4.78, 5) is 50.0. The minimum Gasteiger partial charge on any atom is -0.365 e. The van der Waals surface area contributed by atoms with Crippen LogP contribution in [0, 0.1) is 5.41 Å². The number of piperazine rings is 1. The Bertz CT molecular complexity index is 586. The number of hydrogen-bond donors (Lipinski definition) is 3. The topological polar surface area (TPSA) is 156 Å². The number of ether oxygens (including phenoxy) is 1. The van der Waals surface area contributed by atoms with E-state index in [0.29, 0.717) is 0 Å². The largest absolute Gasteiger partial charge is 0.365 e. The third-order valence-electron chi connectivity index (χ3n) is 4.02. The van der Waals surface area contributed by atoms with Gasteiger partial charge in [-0.15, -0.1) is 0 Å². The van der Waals surface area contributed by atoms with Gasteiger partial charge >= 0.3 is 0 Å². The highest BCUT2D eigenvalue weighted by atomic mass is 16.5. The fourth-order valence-electron chi connectivity index (χ4n) is 2.57. The highest BCUT2D eigenvalue weighted by molar-refractivity contribution is 5.95. The van der Waals surface area contributed by atoms with E-state index in [1.165, 1.54) is 0 Å². The van der Waals surface area contributed by atoms with Crippen LogP contribution in [0.3, 0.4) is 0 Å². The van der Waals surface area contributed by atoms with Gasteiger partial charge in [-0.3, -0.25) is 29.0 Å². The van der Waals surface area contributed by atoms with Crippen LogP contribution in [-0.2, 0) is 23.9 Å². The van der Waals surface area contributed by atoms with Gasteiger partial charge in [-0.25, -0.2) is 0 Å². The van der Waals surface area contributed by atoms with Crippen LogP contribution in [0.25, 0.3) is 0 Å². The van der Waals surface area contributed by atoms with Crippen molar-refractivity contribution in [3.05, 3.63) is 0 Å². The van der Waals surface area contributed by atoms with E-state index in [9.17, 15) is 24.3 Å². The molecule has 0 aromatic carbocycles. The summed E-state index contributed by atoms with van der Waals surface area (Å²) >= 11 is 0. The fraction of sp³-hybridized carbons (Fsp3) is 0.714. The molecule has 0 saturated carbocycles. The zero-order valence-corrected chi connectivity index (χ0v) is 14.5. The fourth-order valence-corrected chi connectivity index (χ4v) is 2.57. The molecule has 0 radical (unpaired) electrons. The predicted octanol–water partition coefficient (Wildman–Crippen LogP) is -2.27. The normalized spacial score (nSPS) is 27.8. The third-order valence-corrected chi connectivity index (χ3v) is 4.02. The molecule has 2 atom stereocenters. The summed E-state index contributed by atoms with van der Waals surface area (Å²) in [6, 6.07) is 0. The van der Waals surface area contributed by atoms with Crippen molar-refractivity contribution in [2.45, 2.75) is 39.1 Å². The van der Waals surface area contributed by atoms with Crippen molar-refractivity contribution in [1.82, 2.24) is 9.80 Å². The molecule has 1 aliphatic heterocycles. The lowest BCUT2D eigenvalue weighted by Gasteiger charge is -2.54. The summed E-state index contributed by atoms with van der Waals surface area (Å²) in [5.41, 5.74) is 5.13. The molecule has 1 fully saturated rings. The smallest absolute Gasteiger partial charge is 0.273 e. The number of aliphatic hydroxyl groups is 1. The number of methoxy groups -OCH3 is 1. The Labute approximate surface area is 139 Å². The monoisotopic (exact) mass is 344 g/mol. The van der Waals surface area contributed by atoms with Gasteiger partial charge in [0.1, 0.15) is 0 Å². The molecule has 2 unspecified atom stereocenters. The first-order chi connectivity index (χ1) is 10.7. The average Bonchev–Trinajstić information content (AvgIpc) is 2.44. The Hall–Kier alpha value is -2.20. The summed E-state index contributed by atoms with van der Waals surface area (Å²) in [5, 5.41) is 10.7. The molecule has 0 aromatic heterocycles. The highest BCUT2D eigenvalue weighted by Gasteiger charge is 2.61. The van der Waals surface area contributed by atoms with Gasteiger partial charge in [-0.1, -0.05) is 20.8 Å². The molecule has 1 saturated heterocycles. The quantitative estimate of drug-likeness (QED) is 0.524. The molecule has 1 aliphatic rings. The van der Waals surface area contributed by atoms with E-state index in [4.69, 9.17) is 16.2 Å². The van der Waals surface area contributed by atoms with Gasteiger partial charge in [-0.05, 0) is 0 Å². The standard InChI is InChI=1S/C14H24N4O6/c1-8(19)17-6-13(23,9(15)20)18(11(22)12(2,3)4)7-14(17,24-5)10(16)21/h23H,6-7H2,1-5H3,(H2,15,20)(H2,16,21). The van der Waals surface area contributed by atoms with Gasteiger partial charge in [0.15, 0.2) is 0 Å². The summed E-state index contributed by atoms with van der Waals surface area (Å²) < 4.78 is 5.15. The van der Waals surface area contributed by atoms with E-state index in [1.54, 1.807) is 20.8 Å². The SMILES string of the molecule is COC1(C(N)=O)CN(C(=O)C(C)(C)C)C(O)(C(N)=O)CN1C(C)=O. The number of primary amides is 2. The molecule has 24 heavy (non-hydrogen) atoms. The van der Waals surface area contributed by atoms with Gasteiger partial charge in [0, 0.05) is 19.4 Å². The maximum atomic E-state index is 12.7. The van der Waals surface area contributed by atoms with E-state index >= 15 is 0 Å². The second kappa shape index (κ2) is 6.02. The van der Waals surface area contributed by atoms with E-state index in [2.05, 4.69) is 0 Å². The molecular formula is C14H24N4O6. The first-order valence-electron chi connectivity index (χ1n) is 7.21. The zero-order valence-electron chi connectivity index (χ0n) is 14.5. The van der Waals surface area contributed by atoms with Crippen LogP contribution in [0.1, 0.15) is 27.7 Å². The summed E-state index contributed by atoms with van der Waals surface area (Å²) in [5.74, 6) is -3.62. The predicted molar refractivity (Wildman–Crippen MR) is 81.6 cm³/mol. The minimum atomic E-state index is -2.49. The lowest BCUT2D eigenvalue weighted by molar-refractivity contribution is -0.239. The number of β-amino-alcohol motifs (C(OH)–C–C–N with tert-alkyl or cyclic N) is 1. The molecular weight excluding hydrogens is 320 g/mol. The Morgan fingerprint density at radius 3 is 1.83 bits per heavy atom. The van der Waals surface area contributed by atoms with Crippen LogP contribution in [0.2, 0.25) is 0 Å². The van der Waals surface area contributed by atoms with E-state index in [1.807, 2.05) is 0 Å². The molecule has 10 nitrogen and oxygen atoms in total.